The van der Waals surface area contributed by atoms with Crippen molar-refractivity contribution in [3.05, 3.63) is 52.5 Å². The molecule has 0 fully saturated rings. The Hall–Kier alpha value is -1.46. The van der Waals surface area contributed by atoms with Crippen LogP contribution in [0.15, 0.2) is 56.7 Å². The van der Waals surface area contributed by atoms with Crippen LogP contribution in [0.1, 0.15) is 17.3 Å². The van der Waals surface area contributed by atoms with Gasteiger partial charge in [-0.2, -0.15) is 0 Å². The lowest BCUT2D eigenvalue weighted by atomic mass is 10.2. The van der Waals surface area contributed by atoms with E-state index in [1.807, 2.05) is 36.4 Å². The molecule has 2 rings (SSSR count). The molecule has 104 valence electrons. The molecule has 2 N–H and O–H groups in total. The van der Waals surface area contributed by atoms with E-state index in [0.717, 1.165) is 14.3 Å². The molecule has 0 spiro atoms. The topological polar surface area (TPSA) is 52.3 Å². The van der Waals surface area contributed by atoms with E-state index < -0.39 is 0 Å². The van der Waals surface area contributed by atoms with Crippen LogP contribution >= 0.6 is 27.7 Å². The molecule has 0 atom stereocenters. The number of carbonyl (C=O) groups is 1. The Morgan fingerprint density at radius 2 is 2.05 bits per heavy atom. The quantitative estimate of drug-likeness (QED) is 0.656. The van der Waals surface area contributed by atoms with Gasteiger partial charge in [0.1, 0.15) is 0 Å². The summed E-state index contributed by atoms with van der Waals surface area (Å²) >= 11 is 4.95. The van der Waals surface area contributed by atoms with Crippen LogP contribution in [-0.2, 0) is 4.74 Å². The van der Waals surface area contributed by atoms with Crippen LogP contribution in [0.3, 0.4) is 0 Å². The molecule has 0 aliphatic carbocycles. The largest absolute Gasteiger partial charge is 0.462 e. The Labute approximate surface area is 130 Å². The highest BCUT2D eigenvalue weighted by atomic mass is 79.9. The van der Waals surface area contributed by atoms with Crippen molar-refractivity contribution in [2.75, 3.05) is 12.3 Å². The second-order valence-electron chi connectivity index (χ2n) is 4.00. The van der Waals surface area contributed by atoms with E-state index in [-0.39, 0.29) is 5.97 Å². The first-order valence-corrected chi connectivity index (χ1v) is 7.71. The fraction of sp³-hybridized carbons (Fsp3) is 0.133. The van der Waals surface area contributed by atoms with Crippen molar-refractivity contribution < 1.29 is 9.53 Å². The minimum atomic E-state index is -0.387. The third-order valence-corrected chi connectivity index (χ3v) is 4.14. The summed E-state index contributed by atoms with van der Waals surface area (Å²) in [5.41, 5.74) is 6.93. The smallest absolute Gasteiger partial charge is 0.340 e. The van der Waals surface area contributed by atoms with Crippen LogP contribution in [0.5, 0.6) is 0 Å². The van der Waals surface area contributed by atoms with Crippen molar-refractivity contribution in [2.24, 2.45) is 0 Å². The minimum absolute atomic E-state index is 0.335. The maximum atomic E-state index is 11.8. The molecular formula is C15H14BrNO2S. The van der Waals surface area contributed by atoms with Crippen LogP contribution in [0, 0.1) is 0 Å². The van der Waals surface area contributed by atoms with Gasteiger partial charge in [-0.15, -0.1) is 0 Å². The summed E-state index contributed by atoms with van der Waals surface area (Å²) in [6.45, 7) is 2.11. The molecule has 0 bridgehead atoms. The third-order valence-electron chi connectivity index (χ3n) is 2.59. The van der Waals surface area contributed by atoms with E-state index in [2.05, 4.69) is 15.9 Å². The third kappa shape index (κ3) is 3.55. The number of nitrogens with two attached hydrogens (primary N) is 1. The van der Waals surface area contributed by atoms with Crippen LogP contribution in [0.4, 0.5) is 5.69 Å². The standard InChI is InChI=1S/C15H14BrNO2S/c1-2-19-15(18)12-7-4-8-13(14(12)17)20-11-6-3-5-10(16)9-11/h3-9H,2,17H2,1H3. The highest BCUT2D eigenvalue weighted by Gasteiger charge is 2.14. The van der Waals surface area contributed by atoms with Crippen molar-refractivity contribution in [3.63, 3.8) is 0 Å². The molecule has 0 saturated carbocycles. The zero-order valence-electron chi connectivity index (χ0n) is 10.9. The summed E-state index contributed by atoms with van der Waals surface area (Å²) < 4.78 is 6.00. The van der Waals surface area contributed by atoms with Gasteiger partial charge in [0.15, 0.2) is 0 Å². The summed E-state index contributed by atoms with van der Waals surface area (Å²) in [5, 5.41) is 0. The maximum absolute atomic E-state index is 11.8. The van der Waals surface area contributed by atoms with Crippen LogP contribution in [-0.4, -0.2) is 12.6 Å². The van der Waals surface area contributed by atoms with Gasteiger partial charge in [-0.3, -0.25) is 0 Å². The average molecular weight is 352 g/mol. The number of ether oxygens (including phenoxy) is 1. The molecule has 0 aliphatic rings. The number of halogens is 1. The predicted molar refractivity (Wildman–Crippen MR) is 85.1 cm³/mol. The number of esters is 1. The fourth-order valence-electron chi connectivity index (χ4n) is 1.68. The molecule has 0 amide bonds. The van der Waals surface area contributed by atoms with Crippen molar-refractivity contribution in [1.82, 2.24) is 0 Å². The van der Waals surface area contributed by atoms with E-state index in [1.54, 1.807) is 13.0 Å². The predicted octanol–water partition coefficient (Wildman–Crippen LogP) is 4.36. The number of para-hydroxylation sites is 1. The average Bonchev–Trinajstić information content (AvgIpc) is 2.41. The summed E-state index contributed by atoms with van der Waals surface area (Å²) in [6.07, 6.45) is 0. The molecule has 0 radical (unpaired) electrons. The van der Waals surface area contributed by atoms with Crippen molar-refractivity contribution in [1.29, 1.82) is 0 Å². The lowest BCUT2D eigenvalue weighted by Crippen LogP contribution is -2.08. The highest BCUT2D eigenvalue weighted by molar-refractivity contribution is 9.10. The number of benzene rings is 2. The van der Waals surface area contributed by atoms with Crippen molar-refractivity contribution >= 4 is 39.3 Å². The molecule has 2 aromatic rings. The molecule has 0 saturated heterocycles. The molecule has 0 heterocycles. The number of hydrogen-bond acceptors (Lipinski definition) is 4. The molecular weight excluding hydrogens is 338 g/mol. The molecule has 2 aromatic carbocycles. The Balaban J connectivity index is 2.29. The first-order valence-electron chi connectivity index (χ1n) is 6.11. The monoisotopic (exact) mass is 351 g/mol. The van der Waals surface area contributed by atoms with Gasteiger partial charge in [0.05, 0.1) is 17.9 Å². The van der Waals surface area contributed by atoms with Gasteiger partial charge in [0.2, 0.25) is 0 Å². The normalized spacial score (nSPS) is 10.3. The zero-order valence-corrected chi connectivity index (χ0v) is 13.3. The molecule has 3 nitrogen and oxygen atoms in total. The summed E-state index contributed by atoms with van der Waals surface area (Å²) in [4.78, 5) is 13.7. The fourth-order valence-corrected chi connectivity index (χ4v) is 3.18. The Bertz CT molecular complexity index is 631. The van der Waals surface area contributed by atoms with Gasteiger partial charge < -0.3 is 10.5 Å². The van der Waals surface area contributed by atoms with Crippen LogP contribution in [0.25, 0.3) is 0 Å². The van der Waals surface area contributed by atoms with Crippen molar-refractivity contribution in [3.8, 4) is 0 Å². The second kappa shape index (κ2) is 6.81. The van der Waals surface area contributed by atoms with Gasteiger partial charge >= 0.3 is 5.97 Å². The van der Waals surface area contributed by atoms with Gasteiger partial charge in [-0.25, -0.2) is 4.79 Å². The van der Waals surface area contributed by atoms with E-state index >= 15 is 0 Å². The summed E-state index contributed by atoms with van der Waals surface area (Å²) in [7, 11) is 0. The first-order chi connectivity index (χ1) is 9.61. The zero-order chi connectivity index (χ0) is 14.5. The highest BCUT2D eigenvalue weighted by Crippen LogP contribution is 2.34. The molecule has 20 heavy (non-hydrogen) atoms. The molecule has 5 heteroatoms. The van der Waals surface area contributed by atoms with E-state index in [9.17, 15) is 4.79 Å². The molecule has 0 aliphatic heterocycles. The van der Waals surface area contributed by atoms with E-state index in [4.69, 9.17) is 10.5 Å². The maximum Gasteiger partial charge on any atom is 0.340 e. The lowest BCUT2D eigenvalue weighted by Gasteiger charge is -2.10. The molecule has 0 aromatic heterocycles. The van der Waals surface area contributed by atoms with Crippen LogP contribution in [0.2, 0.25) is 0 Å². The number of carbonyl (C=O) groups excluding carboxylic acids is 1. The first kappa shape index (κ1) is 14.9. The van der Waals surface area contributed by atoms with Gasteiger partial charge in [0.25, 0.3) is 0 Å². The van der Waals surface area contributed by atoms with Crippen LogP contribution < -0.4 is 5.73 Å². The number of anilines is 1. The van der Waals surface area contributed by atoms with Gasteiger partial charge in [0, 0.05) is 14.3 Å². The number of rotatable bonds is 4. The Morgan fingerprint density at radius 1 is 1.30 bits per heavy atom. The number of hydrogen-bond donors (Lipinski definition) is 1. The van der Waals surface area contributed by atoms with E-state index in [1.165, 1.54) is 11.8 Å². The summed E-state index contributed by atoms with van der Waals surface area (Å²) in [6, 6.07) is 13.3. The molecule has 0 unspecified atom stereocenters. The van der Waals surface area contributed by atoms with Gasteiger partial charge in [-0.05, 0) is 37.3 Å². The number of nitrogen functional groups attached to an aromatic ring is 1. The lowest BCUT2D eigenvalue weighted by molar-refractivity contribution is 0.0527. The van der Waals surface area contributed by atoms with Gasteiger partial charge in [-0.1, -0.05) is 39.8 Å². The Kier molecular flexibility index (Phi) is 5.09. The summed E-state index contributed by atoms with van der Waals surface area (Å²) in [5.74, 6) is -0.387. The second-order valence-corrected chi connectivity index (χ2v) is 6.03. The minimum Gasteiger partial charge on any atom is -0.462 e. The van der Waals surface area contributed by atoms with Crippen molar-refractivity contribution in [2.45, 2.75) is 16.7 Å². The van der Waals surface area contributed by atoms with E-state index in [0.29, 0.717) is 17.9 Å². The SMILES string of the molecule is CCOC(=O)c1cccc(Sc2cccc(Br)c2)c1N. The Morgan fingerprint density at radius 3 is 2.75 bits per heavy atom.